The minimum absolute atomic E-state index is 0.0222. The average Bonchev–Trinajstić information content (AvgIpc) is 2.67. The van der Waals surface area contributed by atoms with Gasteiger partial charge >= 0.3 is 0 Å². The van der Waals surface area contributed by atoms with Crippen molar-refractivity contribution in [2.24, 2.45) is 0 Å². The zero-order valence-corrected chi connectivity index (χ0v) is 15.7. The normalized spacial score (nSPS) is 11.1. The fourth-order valence-corrected chi connectivity index (χ4v) is 2.97. The summed E-state index contributed by atoms with van der Waals surface area (Å²) in [4.78, 5) is 15.2. The number of ether oxygens (including phenoxy) is 2. The molecule has 0 radical (unpaired) electrons. The molecule has 0 fully saturated rings. The minimum Gasteiger partial charge on any atom is -0.497 e. The maximum absolute atomic E-state index is 13.1. The van der Waals surface area contributed by atoms with Crippen LogP contribution in [0.4, 0.5) is 0 Å². The zero-order chi connectivity index (χ0) is 18.7. The van der Waals surface area contributed by atoms with E-state index >= 15 is 0 Å². The van der Waals surface area contributed by atoms with E-state index in [4.69, 9.17) is 9.47 Å². The number of pyridine rings is 1. The quantitative estimate of drug-likeness (QED) is 0.683. The van der Waals surface area contributed by atoms with E-state index in [-0.39, 0.29) is 5.43 Å². The van der Waals surface area contributed by atoms with Gasteiger partial charge in [-0.1, -0.05) is 12.1 Å². The van der Waals surface area contributed by atoms with E-state index in [0.29, 0.717) is 10.9 Å². The maximum Gasteiger partial charge on any atom is 0.197 e. The van der Waals surface area contributed by atoms with E-state index in [0.717, 1.165) is 35.7 Å². The fourth-order valence-electron chi connectivity index (χ4n) is 2.97. The summed E-state index contributed by atoms with van der Waals surface area (Å²) >= 11 is 0. The van der Waals surface area contributed by atoms with Crippen molar-refractivity contribution in [2.45, 2.75) is 6.54 Å². The largest absolute Gasteiger partial charge is 0.497 e. The predicted molar refractivity (Wildman–Crippen MR) is 105 cm³/mol. The van der Waals surface area contributed by atoms with Gasteiger partial charge in [0.05, 0.1) is 19.7 Å². The van der Waals surface area contributed by atoms with Gasteiger partial charge in [-0.05, 0) is 43.9 Å². The van der Waals surface area contributed by atoms with Crippen LogP contribution in [0, 0.1) is 0 Å². The van der Waals surface area contributed by atoms with Gasteiger partial charge in [0.15, 0.2) is 5.43 Å². The Bertz CT molecular complexity index is 959. The molecule has 0 saturated carbocycles. The van der Waals surface area contributed by atoms with Crippen LogP contribution in [-0.2, 0) is 6.54 Å². The van der Waals surface area contributed by atoms with E-state index in [1.165, 1.54) is 0 Å². The van der Waals surface area contributed by atoms with Gasteiger partial charge in [-0.25, -0.2) is 0 Å². The van der Waals surface area contributed by atoms with Crippen LogP contribution in [0.5, 0.6) is 11.5 Å². The molecule has 0 aliphatic rings. The Kier molecular flexibility index (Phi) is 5.28. The number of hydrogen-bond acceptors (Lipinski definition) is 4. The van der Waals surface area contributed by atoms with Gasteiger partial charge in [0.2, 0.25) is 0 Å². The lowest BCUT2D eigenvalue weighted by Crippen LogP contribution is -2.20. The molecule has 0 amide bonds. The Morgan fingerprint density at radius 1 is 0.962 bits per heavy atom. The first-order valence-corrected chi connectivity index (χ1v) is 8.54. The van der Waals surface area contributed by atoms with Crippen LogP contribution >= 0.6 is 0 Å². The third kappa shape index (κ3) is 3.58. The van der Waals surface area contributed by atoms with Gasteiger partial charge < -0.3 is 18.9 Å². The number of methoxy groups -OCH3 is 2. The Morgan fingerprint density at radius 2 is 1.62 bits per heavy atom. The lowest BCUT2D eigenvalue weighted by Gasteiger charge is -2.17. The average molecular weight is 352 g/mol. The van der Waals surface area contributed by atoms with Gasteiger partial charge in [0.1, 0.15) is 11.5 Å². The molecule has 0 unspecified atom stereocenters. The summed E-state index contributed by atoms with van der Waals surface area (Å²) < 4.78 is 12.7. The molecule has 3 rings (SSSR count). The molecular formula is C21H24N2O3. The highest BCUT2D eigenvalue weighted by Crippen LogP contribution is 2.24. The van der Waals surface area contributed by atoms with E-state index in [1.807, 2.05) is 62.8 Å². The van der Waals surface area contributed by atoms with Gasteiger partial charge in [0, 0.05) is 36.3 Å². The summed E-state index contributed by atoms with van der Waals surface area (Å²) in [6.07, 6.45) is 1.94. The van der Waals surface area contributed by atoms with Crippen molar-refractivity contribution in [2.75, 3.05) is 34.9 Å². The second-order valence-corrected chi connectivity index (χ2v) is 6.48. The molecule has 0 aliphatic heterocycles. The topological polar surface area (TPSA) is 43.7 Å². The first-order chi connectivity index (χ1) is 12.5. The van der Waals surface area contributed by atoms with E-state index in [2.05, 4.69) is 9.47 Å². The van der Waals surface area contributed by atoms with Crippen molar-refractivity contribution >= 4 is 10.9 Å². The van der Waals surface area contributed by atoms with Crippen molar-refractivity contribution in [1.82, 2.24) is 9.47 Å². The monoisotopic (exact) mass is 352 g/mol. The first-order valence-electron chi connectivity index (χ1n) is 8.54. The standard InChI is InChI=1S/C21H24N2O3/c1-22(2)11-12-23-14-19(15-5-7-16(25-3)8-6-15)21(24)18-10-9-17(26-4)13-20(18)23/h5-10,13-14H,11-12H2,1-4H3. The third-order valence-corrected chi connectivity index (χ3v) is 4.48. The minimum atomic E-state index is 0.0222. The molecule has 5 heteroatoms. The van der Waals surface area contributed by atoms with Crippen LogP contribution in [0.1, 0.15) is 0 Å². The van der Waals surface area contributed by atoms with Crippen LogP contribution in [0.3, 0.4) is 0 Å². The van der Waals surface area contributed by atoms with Crippen molar-refractivity contribution in [3.63, 3.8) is 0 Å². The van der Waals surface area contributed by atoms with Crippen LogP contribution in [0.2, 0.25) is 0 Å². The molecule has 1 aromatic heterocycles. The number of benzene rings is 2. The summed E-state index contributed by atoms with van der Waals surface area (Å²) in [6.45, 7) is 1.65. The highest BCUT2D eigenvalue weighted by molar-refractivity contribution is 5.85. The van der Waals surface area contributed by atoms with Crippen molar-refractivity contribution in [3.8, 4) is 22.6 Å². The van der Waals surface area contributed by atoms with Gasteiger partial charge in [-0.3, -0.25) is 4.79 Å². The molecule has 0 spiro atoms. The number of likely N-dealkylation sites (N-methyl/N-ethyl adjacent to an activating group) is 1. The second kappa shape index (κ2) is 7.62. The molecule has 26 heavy (non-hydrogen) atoms. The molecule has 2 aromatic carbocycles. The molecule has 136 valence electrons. The summed E-state index contributed by atoms with van der Waals surface area (Å²) in [6, 6.07) is 13.2. The lowest BCUT2D eigenvalue weighted by molar-refractivity contribution is 0.386. The Morgan fingerprint density at radius 3 is 2.23 bits per heavy atom. The SMILES string of the molecule is COc1ccc(-c2cn(CCN(C)C)c3cc(OC)ccc3c2=O)cc1. The molecule has 0 saturated heterocycles. The zero-order valence-electron chi connectivity index (χ0n) is 15.7. The maximum atomic E-state index is 13.1. The number of nitrogens with zero attached hydrogens (tertiary/aromatic N) is 2. The number of fused-ring (bicyclic) bond motifs is 1. The van der Waals surface area contributed by atoms with E-state index in [9.17, 15) is 4.79 Å². The first kappa shape index (κ1) is 18.0. The van der Waals surface area contributed by atoms with Gasteiger partial charge in [-0.15, -0.1) is 0 Å². The molecule has 0 atom stereocenters. The van der Waals surface area contributed by atoms with E-state index in [1.54, 1.807) is 14.2 Å². The van der Waals surface area contributed by atoms with Crippen LogP contribution < -0.4 is 14.9 Å². The molecule has 0 aliphatic carbocycles. The summed E-state index contributed by atoms with van der Waals surface area (Å²) in [5.74, 6) is 1.51. The molecule has 3 aromatic rings. The van der Waals surface area contributed by atoms with Crippen molar-refractivity contribution in [3.05, 3.63) is 58.9 Å². The van der Waals surface area contributed by atoms with Crippen LogP contribution in [0.15, 0.2) is 53.5 Å². The Hall–Kier alpha value is -2.79. The lowest BCUT2D eigenvalue weighted by atomic mass is 10.0. The van der Waals surface area contributed by atoms with Crippen LogP contribution in [0.25, 0.3) is 22.0 Å². The Balaban J connectivity index is 2.19. The smallest absolute Gasteiger partial charge is 0.197 e. The molecule has 0 N–H and O–H groups in total. The summed E-state index contributed by atoms with van der Waals surface area (Å²) in [5, 5.41) is 0.692. The fraction of sp³-hybridized carbons (Fsp3) is 0.286. The number of aromatic nitrogens is 1. The second-order valence-electron chi connectivity index (χ2n) is 6.48. The van der Waals surface area contributed by atoms with E-state index < -0.39 is 0 Å². The predicted octanol–water partition coefficient (Wildman–Crippen LogP) is 3.25. The van der Waals surface area contributed by atoms with Gasteiger partial charge in [0.25, 0.3) is 0 Å². The molecular weight excluding hydrogens is 328 g/mol. The third-order valence-electron chi connectivity index (χ3n) is 4.48. The molecule has 5 nitrogen and oxygen atoms in total. The number of hydrogen-bond donors (Lipinski definition) is 0. The molecule has 0 bridgehead atoms. The van der Waals surface area contributed by atoms with Crippen molar-refractivity contribution < 1.29 is 9.47 Å². The highest BCUT2D eigenvalue weighted by atomic mass is 16.5. The highest BCUT2D eigenvalue weighted by Gasteiger charge is 2.12. The Labute approximate surface area is 153 Å². The van der Waals surface area contributed by atoms with Gasteiger partial charge in [-0.2, -0.15) is 0 Å². The van der Waals surface area contributed by atoms with Crippen LogP contribution in [-0.4, -0.2) is 44.3 Å². The van der Waals surface area contributed by atoms with Crippen molar-refractivity contribution in [1.29, 1.82) is 0 Å². The summed E-state index contributed by atoms with van der Waals surface area (Å²) in [5.41, 5.74) is 2.47. The number of rotatable bonds is 6. The summed E-state index contributed by atoms with van der Waals surface area (Å²) in [7, 11) is 7.34. The molecule has 1 heterocycles.